The molecule has 2 aromatic rings. The standard InChI is InChI=1S/C11H8N4O/c1-8-2-4-13-11(10(8)6-12)15-5-3-9(7-16)14-15/h2-5,7H,1H3. The van der Waals surface area contributed by atoms with Crippen molar-refractivity contribution in [1.29, 1.82) is 5.26 Å². The molecule has 0 N–H and O–H groups in total. The summed E-state index contributed by atoms with van der Waals surface area (Å²) in [5.41, 5.74) is 1.60. The van der Waals surface area contributed by atoms with Gasteiger partial charge in [0.25, 0.3) is 0 Å². The van der Waals surface area contributed by atoms with Crippen molar-refractivity contribution >= 4 is 6.29 Å². The van der Waals surface area contributed by atoms with Crippen LogP contribution in [-0.4, -0.2) is 21.1 Å². The van der Waals surface area contributed by atoms with Gasteiger partial charge in [-0.3, -0.25) is 4.79 Å². The van der Waals surface area contributed by atoms with E-state index in [9.17, 15) is 4.79 Å². The summed E-state index contributed by atoms with van der Waals surface area (Å²) in [7, 11) is 0. The van der Waals surface area contributed by atoms with Crippen molar-refractivity contribution in [2.75, 3.05) is 0 Å². The first-order valence-corrected chi connectivity index (χ1v) is 4.63. The topological polar surface area (TPSA) is 71.6 Å². The maximum absolute atomic E-state index is 10.5. The van der Waals surface area contributed by atoms with Gasteiger partial charge in [0.05, 0.1) is 5.56 Å². The van der Waals surface area contributed by atoms with Gasteiger partial charge in [0, 0.05) is 12.4 Å². The molecule has 2 aromatic heterocycles. The van der Waals surface area contributed by atoms with E-state index < -0.39 is 0 Å². The number of nitriles is 1. The van der Waals surface area contributed by atoms with Gasteiger partial charge in [-0.05, 0) is 24.6 Å². The van der Waals surface area contributed by atoms with Crippen LogP contribution in [0, 0.1) is 18.3 Å². The van der Waals surface area contributed by atoms with Crippen LogP contribution in [0.3, 0.4) is 0 Å². The highest BCUT2D eigenvalue weighted by Crippen LogP contribution is 2.13. The predicted octanol–water partition coefficient (Wildman–Crippen LogP) is 1.26. The third-order valence-corrected chi connectivity index (χ3v) is 2.20. The second-order valence-electron chi connectivity index (χ2n) is 3.24. The number of hydrogen-bond acceptors (Lipinski definition) is 4. The Kier molecular flexibility index (Phi) is 2.48. The van der Waals surface area contributed by atoms with Gasteiger partial charge in [0.2, 0.25) is 0 Å². The molecule has 0 aliphatic carbocycles. The molecule has 0 aliphatic heterocycles. The van der Waals surface area contributed by atoms with E-state index in [1.54, 1.807) is 24.5 Å². The molecule has 0 fully saturated rings. The normalized spacial score (nSPS) is 9.75. The molecule has 5 heteroatoms. The molecule has 0 radical (unpaired) electrons. The molecule has 78 valence electrons. The monoisotopic (exact) mass is 212 g/mol. The molecule has 16 heavy (non-hydrogen) atoms. The number of carbonyl (C=O) groups excluding carboxylic acids is 1. The van der Waals surface area contributed by atoms with Gasteiger partial charge in [0.1, 0.15) is 11.8 Å². The molecule has 0 saturated heterocycles. The fourth-order valence-electron chi connectivity index (χ4n) is 1.37. The average Bonchev–Trinajstić information content (AvgIpc) is 2.77. The predicted molar refractivity (Wildman–Crippen MR) is 56.2 cm³/mol. The molecule has 0 unspecified atom stereocenters. The van der Waals surface area contributed by atoms with Crippen LogP contribution in [0.5, 0.6) is 0 Å². The van der Waals surface area contributed by atoms with Crippen molar-refractivity contribution in [2.24, 2.45) is 0 Å². The quantitative estimate of drug-likeness (QED) is 0.702. The highest BCUT2D eigenvalue weighted by Gasteiger charge is 2.09. The zero-order valence-electron chi connectivity index (χ0n) is 8.58. The number of aryl methyl sites for hydroxylation is 1. The lowest BCUT2D eigenvalue weighted by molar-refractivity contribution is 0.111. The van der Waals surface area contributed by atoms with Crippen LogP contribution in [0.25, 0.3) is 5.82 Å². The van der Waals surface area contributed by atoms with Gasteiger partial charge in [-0.15, -0.1) is 0 Å². The lowest BCUT2D eigenvalue weighted by Crippen LogP contribution is -2.03. The Labute approximate surface area is 92.0 Å². The molecule has 0 saturated carbocycles. The van der Waals surface area contributed by atoms with Crippen LogP contribution in [0.2, 0.25) is 0 Å². The molecule has 0 spiro atoms. The molecular formula is C11H8N4O. The van der Waals surface area contributed by atoms with Gasteiger partial charge >= 0.3 is 0 Å². The van der Waals surface area contributed by atoms with E-state index in [4.69, 9.17) is 5.26 Å². The Hall–Kier alpha value is -2.48. The Morgan fingerprint density at radius 1 is 1.50 bits per heavy atom. The van der Waals surface area contributed by atoms with Gasteiger partial charge in [-0.1, -0.05) is 0 Å². The van der Waals surface area contributed by atoms with E-state index in [1.165, 1.54) is 4.68 Å². The number of pyridine rings is 1. The van der Waals surface area contributed by atoms with Crippen LogP contribution in [0.4, 0.5) is 0 Å². The Morgan fingerprint density at radius 2 is 2.31 bits per heavy atom. The summed E-state index contributed by atoms with van der Waals surface area (Å²) in [5.74, 6) is 0.440. The van der Waals surface area contributed by atoms with Crippen LogP contribution < -0.4 is 0 Å². The number of nitrogens with zero attached hydrogens (tertiary/aromatic N) is 4. The molecule has 0 aliphatic rings. The summed E-state index contributed by atoms with van der Waals surface area (Å²) in [5, 5.41) is 13.0. The maximum atomic E-state index is 10.5. The van der Waals surface area contributed by atoms with E-state index in [0.717, 1.165) is 5.56 Å². The van der Waals surface area contributed by atoms with Crippen molar-refractivity contribution < 1.29 is 4.79 Å². The van der Waals surface area contributed by atoms with Crippen molar-refractivity contribution in [2.45, 2.75) is 6.92 Å². The fourth-order valence-corrected chi connectivity index (χ4v) is 1.37. The molecular weight excluding hydrogens is 204 g/mol. The Balaban J connectivity index is 2.60. The summed E-state index contributed by atoms with van der Waals surface area (Å²) in [4.78, 5) is 14.6. The number of hydrogen-bond donors (Lipinski definition) is 0. The van der Waals surface area contributed by atoms with Crippen LogP contribution in [0.1, 0.15) is 21.6 Å². The van der Waals surface area contributed by atoms with E-state index >= 15 is 0 Å². The maximum Gasteiger partial charge on any atom is 0.171 e. The van der Waals surface area contributed by atoms with Crippen molar-refractivity contribution in [1.82, 2.24) is 14.8 Å². The van der Waals surface area contributed by atoms with E-state index in [1.807, 2.05) is 6.92 Å². The van der Waals surface area contributed by atoms with Crippen molar-refractivity contribution in [3.63, 3.8) is 0 Å². The smallest absolute Gasteiger partial charge is 0.171 e. The summed E-state index contributed by atoms with van der Waals surface area (Å²) < 4.78 is 1.43. The van der Waals surface area contributed by atoms with Crippen molar-refractivity contribution in [3.8, 4) is 11.9 Å². The van der Waals surface area contributed by atoms with Crippen molar-refractivity contribution in [3.05, 3.63) is 41.3 Å². The molecule has 0 atom stereocenters. The minimum absolute atomic E-state index is 0.312. The molecule has 2 rings (SSSR count). The second kappa shape index (κ2) is 3.95. The Bertz CT molecular complexity index is 580. The second-order valence-corrected chi connectivity index (χ2v) is 3.24. The van der Waals surface area contributed by atoms with E-state index in [-0.39, 0.29) is 0 Å². The highest BCUT2D eigenvalue weighted by atomic mass is 16.1. The first kappa shape index (κ1) is 10.1. The number of rotatable bonds is 2. The number of aldehydes is 1. The fraction of sp³-hybridized carbons (Fsp3) is 0.0909. The van der Waals surface area contributed by atoms with Crippen LogP contribution >= 0.6 is 0 Å². The summed E-state index contributed by atoms with van der Waals surface area (Å²) in [6.45, 7) is 1.83. The molecule has 0 aromatic carbocycles. The molecule has 2 heterocycles. The highest BCUT2D eigenvalue weighted by molar-refractivity contribution is 5.71. The van der Waals surface area contributed by atoms with E-state index in [2.05, 4.69) is 16.2 Å². The minimum Gasteiger partial charge on any atom is -0.296 e. The first-order valence-electron chi connectivity index (χ1n) is 4.63. The van der Waals surface area contributed by atoms with E-state index in [0.29, 0.717) is 23.4 Å². The summed E-state index contributed by atoms with van der Waals surface area (Å²) in [6.07, 6.45) is 3.86. The minimum atomic E-state index is 0.312. The molecule has 0 bridgehead atoms. The molecule has 0 amide bonds. The van der Waals surface area contributed by atoms with Gasteiger partial charge in [-0.25, -0.2) is 9.67 Å². The van der Waals surface area contributed by atoms with Gasteiger partial charge in [-0.2, -0.15) is 10.4 Å². The first-order chi connectivity index (χ1) is 7.76. The van der Waals surface area contributed by atoms with Crippen LogP contribution in [-0.2, 0) is 0 Å². The lowest BCUT2D eigenvalue weighted by Gasteiger charge is -2.04. The SMILES string of the molecule is Cc1ccnc(-n2ccc(C=O)n2)c1C#N. The third kappa shape index (κ3) is 1.57. The largest absolute Gasteiger partial charge is 0.296 e. The summed E-state index contributed by atoms with van der Waals surface area (Å²) >= 11 is 0. The lowest BCUT2D eigenvalue weighted by atomic mass is 10.1. The Morgan fingerprint density at radius 3 is 2.94 bits per heavy atom. The number of carbonyl (C=O) groups is 1. The third-order valence-electron chi connectivity index (χ3n) is 2.20. The zero-order valence-corrected chi connectivity index (χ0v) is 8.58. The van der Waals surface area contributed by atoms with Gasteiger partial charge < -0.3 is 0 Å². The molecule has 5 nitrogen and oxygen atoms in total. The zero-order chi connectivity index (χ0) is 11.5. The summed E-state index contributed by atoms with van der Waals surface area (Å²) in [6, 6.07) is 5.40. The van der Waals surface area contributed by atoms with Gasteiger partial charge in [0.15, 0.2) is 12.1 Å². The average molecular weight is 212 g/mol. The van der Waals surface area contributed by atoms with Crippen LogP contribution in [0.15, 0.2) is 24.5 Å². The number of aromatic nitrogens is 3.